The first kappa shape index (κ1) is 19.2. The second-order valence-corrected chi connectivity index (χ2v) is 6.94. The Morgan fingerprint density at radius 3 is 2.69 bits per heavy atom. The lowest BCUT2D eigenvalue weighted by Gasteiger charge is -2.16. The first-order valence-corrected chi connectivity index (χ1v) is 9.19. The van der Waals surface area contributed by atoms with Crippen molar-refractivity contribution < 1.29 is 23.2 Å². The van der Waals surface area contributed by atoms with Gasteiger partial charge in [-0.25, -0.2) is 4.39 Å². The molecule has 1 aromatic heterocycles. The average molecular weight is 418 g/mol. The van der Waals surface area contributed by atoms with Crippen molar-refractivity contribution in [3.8, 4) is 22.9 Å². The third kappa shape index (κ3) is 3.63. The third-order valence-corrected chi connectivity index (χ3v) is 5.08. The van der Waals surface area contributed by atoms with Crippen molar-refractivity contribution in [1.82, 2.24) is 10.1 Å². The van der Waals surface area contributed by atoms with Gasteiger partial charge in [-0.05, 0) is 36.4 Å². The van der Waals surface area contributed by atoms with Crippen LogP contribution in [0, 0.1) is 5.82 Å². The smallest absolute Gasteiger partial charge is 0.232 e. The normalized spacial score (nSPS) is 16.3. The van der Waals surface area contributed by atoms with Gasteiger partial charge in [0.15, 0.2) is 11.5 Å². The maximum Gasteiger partial charge on any atom is 0.232 e. The number of anilines is 1. The van der Waals surface area contributed by atoms with Gasteiger partial charge in [0.2, 0.25) is 17.6 Å². The number of nitrogens with zero attached hydrogens (tertiary/aromatic N) is 3. The summed E-state index contributed by atoms with van der Waals surface area (Å²) in [6.07, 6.45) is 0.192. The van der Waals surface area contributed by atoms with Crippen LogP contribution in [0.1, 0.15) is 18.2 Å². The second-order valence-electron chi connectivity index (χ2n) is 6.53. The number of carbonyl (C=O) groups excluding carboxylic acids is 1. The molecule has 0 bridgehead atoms. The predicted molar refractivity (Wildman–Crippen MR) is 104 cm³/mol. The van der Waals surface area contributed by atoms with Crippen LogP contribution in [0.2, 0.25) is 5.02 Å². The summed E-state index contributed by atoms with van der Waals surface area (Å²) in [5, 5.41) is 4.03. The minimum Gasteiger partial charge on any atom is -0.493 e. The number of ether oxygens (including phenoxy) is 2. The molecule has 0 spiro atoms. The first-order valence-electron chi connectivity index (χ1n) is 8.81. The molecule has 2 heterocycles. The molecule has 0 N–H and O–H groups in total. The van der Waals surface area contributed by atoms with E-state index in [0.29, 0.717) is 41.0 Å². The minimum absolute atomic E-state index is 0.00779. The van der Waals surface area contributed by atoms with Crippen molar-refractivity contribution in [1.29, 1.82) is 0 Å². The third-order valence-electron chi connectivity index (χ3n) is 4.77. The Bertz CT molecular complexity index is 1070. The molecule has 29 heavy (non-hydrogen) atoms. The van der Waals surface area contributed by atoms with E-state index in [0.717, 1.165) is 0 Å². The van der Waals surface area contributed by atoms with E-state index in [-0.39, 0.29) is 23.3 Å². The first-order chi connectivity index (χ1) is 14.0. The minimum atomic E-state index is -0.575. The molecule has 2 aromatic carbocycles. The van der Waals surface area contributed by atoms with E-state index in [1.807, 2.05) is 0 Å². The maximum absolute atomic E-state index is 13.8. The van der Waals surface area contributed by atoms with Gasteiger partial charge in [-0.15, -0.1) is 0 Å². The fourth-order valence-corrected chi connectivity index (χ4v) is 3.39. The molecule has 1 unspecified atom stereocenters. The monoisotopic (exact) mass is 417 g/mol. The average Bonchev–Trinajstić information content (AvgIpc) is 3.36. The van der Waals surface area contributed by atoms with Crippen molar-refractivity contribution >= 4 is 23.2 Å². The Kier molecular flexibility index (Phi) is 5.10. The lowest BCUT2D eigenvalue weighted by molar-refractivity contribution is -0.117. The van der Waals surface area contributed by atoms with E-state index in [1.165, 1.54) is 17.0 Å². The number of aromatic nitrogens is 2. The van der Waals surface area contributed by atoms with Crippen LogP contribution in [0.3, 0.4) is 0 Å². The van der Waals surface area contributed by atoms with E-state index in [9.17, 15) is 9.18 Å². The topological polar surface area (TPSA) is 77.7 Å². The van der Waals surface area contributed by atoms with Gasteiger partial charge in [-0.2, -0.15) is 4.98 Å². The molecule has 150 valence electrons. The predicted octanol–water partition coefficient (Wildman–Crippen LogP) is 4.07. The second kappa shape index (κ2) is 7.71. The van der Waals surface area contributed by atoms with Gasteiger partial charge in [0.05, 0.1) is 25.2 Å². The molecular weight excluding hydrogens is 401 g/mol. The standard InChI is InChI=1S/C20H17ClFN3O4/c1-27-16-6-3-11(7-17(16)28-2)19-23-20(29-24-19)12-8-18(26)25(10-12)13-4-5-14(21)15(22)9-13/h3-7,9,12H,8,10H2,1-2H3. The van der Waals surface area contributed by atoms with E-state index in [2.05, 4.69) is 10.1 Å². The zero-order valence-electron chi connectivity index (χ0n) is 15.7. The molecule has 3 aromatic rings. The largest absolute Gasteiger partial charge is 0.493 e. The lowest BCUT2D eigenvalue weighted by Crippen LogP contribution is -2.24. The highest BCUT2D eigenvalue weighted by atomic mass is 35.5. The number of benzene rings is 2. The number of rotatable bonds is 5. The van der Waals surface area contributed by atoms with Gasteiger partial charge in [0, 0.05) is 24.2 Å². The van der Waals surface area contributed by atoms with Crippen LogP contribution >= 0.6 is 11.6 Å². The molecule has 1 saturated heterocycles. The highest BCUT2D eigenvalue weighted by Crippen LogP contribution is 2.35. The fraction of sp³-hybridized carbons (Fsp3) is 0.250. The van der Waals surface area contributed by atoms with Crippen LogP contribution in [0.25, 0.3) is 11.4 Å². The van der Waals surface area contributed by atoms with E-state index < -0.39 is 5.82 Å². The van der Waals surface area contributed by atoms with Crippen LogP contribution in [-0.2, 0) is 4.79 Å². The Balaban J connectivity index is 1.56. The van der Waals surface area contributed by atoms with Crippen molar-refractivity contribution in [2.45, 2.75) is 12.3 Å². The summed E-state index contributed by atoms with van der Waals surface area (Å²) >= 11 is 5.72. The molecule has 7 nitrogen and oxygen atoms in total. The summed E-state index contributed by atoms with van der Waals surface area (Å²) in [5.41, 5.74) is 1.14. The Morgan fingerprint density at radius 1 is 1.17 bits per heavy atom. The summed E-state index contributed by atoms with van der Waals surface area (Å²) < 4.78 is 29.7. The van der Waals surface area contributed by atoms with Crippen molar-refractivity contribution in [3.05, 3.63) is 53.1 Å². The van der Waals surface area contributed by atoms with Crippen molar-refractivity contribution in [2.24, 2.45) is 0 Å². The van der Waals surface area contributed by atoms with E-state index >= 15 is 0 Å². The molecule has 1 atom stereocenters. The fourth-order valence-electron chi connectivity index (χ4n) is 3.27. The molecule has 4 rings (SSSR count). The highest BCUT2D eigenvalue weighted by Gasteiger charge is 2.35. The molecule has 0 radical (unpaired) electrons. The maximum atomic E-state index is 13.8. The zero-order valence-corrected chi connectivity index (χ0v) is 16.4. The van der Waals surface area contributed by atoms with Gasteiger partial charge in [0.1, 0.15) is 5.82 Å². The van der Waals surface area contributed by atoms with Crippen LogP contribution in [0.15, 0.2) is 40.9 Å². The Labute approximate surface area is 171 Å². The van der Waals surface area contributed by atoms with Gasteiger partial charge in [-0.1, -0.05) is 16.8 Å². The summed E-state index contributed by atoms with van der Waals surface area (Å²) in [6.45, 7) is 0.313. The Hall–Kier alpha value is -3.13. The molecule has 1 aliphatic heterocycles. The molecule has 1 amide bonds. The number of halogens is 2. The number of hydrogen-bond acceptors (Lipinski definition) is 6. The summed E-state index contributed by atoms with van der Waals surface area (Å²) in [7, 11) is 3.10. The van der Waals surface area contributed by atoms with E-state index in [4.69, 9.17) is 25.6 Å². The number of hydrogen-bond donors (Lipinski definition) is 0. The number of amides is 1. The van der Waals surface area contributed by atoms with Crippen molar-refractivity contribution in [3.63, 3.8) is 0 Å². The van der Waals surface area contributed by atoms with Crippen LogP contribution in [-0.4, -0.2) is 36.8 Å². The number of methoxy groups -OCH3 is 2. The molecule has 0 aliphatic carbocycles. The van der Waals surface area contributed by atoms with Crippen LogP contribution < -0.4 is 14.4 Å². The SMILES string of the molecule is COc1ccc(-c2noc(C3CC(=O)N(c4ccc(Cl)c(F)c4)C3)n2)cc1OC. The molecule has 1 aliphatic rings. The van der Waals surface area contributed by atoms with Crippen molar-refractivity contribution in [2.75, 3.05) is 25.7 Å². The number of carbonyl (C=O) groups is 1. The van der Waals surface area contributed by atoms with Gasteiger partial charge < -0.3 is 18.9 Å². The summed E-state index contributed by atoms with van der Waals surface area (Å²) in [5.74, 6) is 0.846. The van der Waals surface area contributed by atoms with E-state index in [1.54, 1.807) is 38.5 Å². The zero-order chi connectivity index (χ0) is 20.5. The van der Waals surface area contributed by atoms with Crippen LogP contribution in [0.5, 0.6) is 11.5 Å². The van der Waals surface area contributed by atoms with Gasteiger partial charge in [0.25, 0.3) is 0 Å². The molecule has 0 saturated carbocycles. The van der Waals surface area contributed by atoms with Crippen LogP contribution in [0.4, 0.5) is 10.1 Å². The molecule has 9 heteroatoms. The van der Waals surface area contributed by atoms with Gasteiger partial charge in [-0.3, -0.25) is 4.79 Å². The Morgan fingerprint density at radius 2 is 1.97 bits per heavy atom. The van der Waals surface area contributed by atoms with Gasteiger partial charge >= 0.3 is 0 Å². The molecule has 1 fully saturated rings. The highest BCUT2D eigenvalue weighted by molar-refractivity contribution is 6.30. The summed E-state index contributed by atoms with van der Waals surface area (Å²) in [4.78, 5) is 18.4. The summed E-state index contributed by atoms with van der Waals surface area (Å²) in [6, 6.07) is 9.56. The quantitative estimate of drug-likeness (QED) is 0.622. The lowest BCUT2D eigenvalue weighted by atomic mass is 10.1. The molecular formula is C20H17ClFN3O4.